The second kappa shape index (κ2) is 5.53. The first-order chi connectivity index (χ1) is 10.1. The molecule has 1 aromatic carbocycles. The fraction of sp³-hybridized carbons (Fsp3) is 0.375. The summed E-state index contributed by atoms with van der Waals surface area (Å²) in [5.74, 6) is 1.61. The van der Waals surface area contributed by atoms with Gasteiger partial charge in [-0.3, -0.25) is 9.36 Å². The van der Waals surface area contributed by atoms with Gasteiger partial charge in [0, 0.05) is 18.9 Å². The first-order valence-electron chi connectivity index (χ1n) is 7.09. The van der Waals surface area contributed by atoms with Crippen molar-refractivity contribution < 1.29 is 4.74 Å². The molecule has 0 saturated carbocycles. The average molecular weight is 305 g/mol. The van der Waals surface area contributed by atoms with Gasteiger partial charge in [0.15, 0.2) is 0 Å². The Morgan fingerprint density at radius 1 is 1.43 bits per heavy atom. The summed E-state index contributed by atoms with van der Waals surface area (Å²) in [5.41, 5.74) is 2.30. The first kappa shape index (κ1) is 14.1. The van der Waals surface area contributed by atoms with Gasteiger partial charge in [0.25, 0.3) is 5.56 Å². The maximum absolute atomic E-state index is 12.1. The van der Waals surface area contributed by atoms with E-state index in [0.717, 1.165) is 12.2 Å². The zero-order valence-electron chi connectivity index (χ0n) is 12.1. The maximum atomic E-state index is 12.1. The van der Waals surface area contributed by atoms with Gasteiger partial charge in [-0.15, -0.1) is 0 Å². The summed E-state index contributed by atoms with van der Waals surface area (Å²) in [4.78, 5) is 16.3. The summed E-state index contributed by atoms with van der Waals surface area (Å²) >= 11 is 5.85. The van der Waals surface area contributed by atoms with Gasteiger partial charge in [0.2, 0.25) is 0 Å². The quantitative estimate of drug-likeness (QED) is 0.819. The van der Waals surface area contributed by atoms with Gasteiger partial charge in [-0.2, -0.15) is 0 Å². The third kappa shape index (κ3) is 2.81. The molecular formula is C16H17ClN2O2. The van der Waals surface area contributed by atoms with Crippen LogP contribution in [0.25, 0.3) is 0 Å². The Morgan fingerprint density at radius 3 is 3.00 bits per heavy atom. The number of aryl methyl sites for hydroxylation is 2. The average Bonchev–Trinajstić information content (AvgIpc) is 2.83. The highest BCUT2D eigenvalue weighted by Gasteiger charge is 2.24. The number of aromatic nitrogens is 2. The topological polar surface area (TPSA) is 44.1 Å². The summed E-state index contributed by atoms with van der Waals surface area (Å²) in [5, 5.41) is 0.249. The van der Waals surface area contributed by atoms with Crippen molar-refractivity contribution in [2.45, 2.75) is 39.3 Å². The third-order valence-corrected chi connectivity index (χ3v) is 3.91. The first-order valence-corrected chi connectivity index (χ1v) is 7.47. The second-order valence-corrected chi connectivity index (χ2v) is 5.74. The van der Waals surface area contributed by atoms with Crippen LogP contribution < -0.4 is 10.3 Å². The molecule has 1 aliphatic rings. The molecule has 0 aliphatic carbocycles. The molecule has 0 bridgehead atoms. The van der Waals surface area contributed by atoms with Crippen LogP contribution in [0.4, 0.5) is 0 Å². The molecule has 1 unspecified atom stereocenters. The van der Waals surface area contributed by atoms with Gasteiger partial charge in [0.05, 0.1) is 6.54 Å². The molecule has 0 radical (unpaired) electrons. The van der Waals surface area contributed by atoms with Crippen molar-refractivity contribution in [3.63, 3.8) is 0 Å². The number of hydrogen-bond donors (Lipinski definition) is 0. The number of halogens is 1. The van der Waals surface area contributed by atoms with E-state index in [9.17, 15) is 4.79 Å². The van der Waals surface area contributed by atoms with Crippen molar-refractivity contribution in [1.82, 2.24) is 9.55 Å². The molecule has 2 aromatic rings. The van der Waals surface area contributed by atoms with E-state index in [1.807, 2.05) is 19.1 Å². The number of nitrogens with zero attached hydrogens (tertiary/aromatic N) is 2. The van der Waals surface area contributed by atoms with Gasteiger partial charge in [0.1, 0.15) is 22.8 Å². The minimum Gasteiger partial charge on any atom is -0.488 e. The Hall–Kier alpha value is -1.81. The summed E-state index contributed by atoms with van der Waals surface area (Å²) in [6.07, 6.45) is 1.44. The highest BCUT2D eigenvalue weighted by molar-refractivity contribution is 6.29. The van der Waals surface area contributed by atoms with E-state index in [4.69, 9.17) is 16.3 Å². The van der Waals surface area contributed by atoms with Gasteiger partial charge < -0.3 is 4.74 Å². The number of fused-ring (bicyclic) bond motifs is 1. The summed E-state index contributed by atoms with van der Waals surface area (Å²) in [6.45, 7) is 4.53. The minimum atomic E-state index is -0.123. The van der Waals surface area contributed by atoms with Crippen LogP contribution in [0, 0.1) is 6.92 Å². The van der Waals surface area contributed by atoms with Crippen molar-refractivity contribution >= 4 is 11.6 Å². The van der Waals surface area contributed by atoms with Crippen LogP contribution in [0.3, 0.4) is 0 Å². The fourth-order valence-corrected chi connectivity index (χ4v) is 2.93. The van der Waals surface area contributed by atoms with Gasteiger partial charge in [-0.05, 0) is 18.6 Å². The van der Waals surface area contributed by atoms with Crippen LogP contribution >= 0.6 is 11.6 Å². The minimum absolute atomic E-state index is 0.0345. The zero-order chi connectivity index (χ0) is 15.0. The lowest BCUT2D eigenvalue weighted by Gasteiger charge is -2.15. The molecule has 1 aliphatic heterocycles. The predicted molar refractivity (Wildman–Crippen MR) is 82.2 cm³/mol. The molecule has 3 rings (SSSR count). The fourth-order valence-electron chi connectivity index (χ4n) is 2.74. The Morgan fingerprint density at radius 2 is 2.24 bits per heavy atom. The molecular weight excluding hydrogens is 288 g/mol. The second-order valence-electron chi connectivity index (χ2n) is 5.35. The van der Waals surface area contributed by atoms with Crippen LogP contribution in [0.1, 0.15) is 23.9 Å². The van der Waals surface area contributed by atoms with Crippen molar-refractivity contribution in [3.05, 3.63) is 56.7 Å². The third-order valence-electron chi connectivity index (χ3n) is 3.72. The van der Waals surface area contributed by atoms with Crippen LogP contribution in [0.2, 0.25) is 5.15 Å². The largest absolute Gasteiger partial charge is 0.488 e. The summed E-state index contributed by atoms with van der Waals surface area (Å²) in [6, 6.07) is 7.52. The smallest absolute Gasteiger partial charge is 0.255 e. The molecule has 1 atom stereocenters. The van der Waals surface area contributed by atoms with E-state index in [-0.39, 0.29) is 16.8 Å². The molecule has 5 heteroatoms. The molecule has 0 saturated heterocycles. The standard InChI is InChI=1S/C16H17ClN2O2/c1-3-15-18-14(17)8-16(20)19(15)9-12-7-11-6-10(2)4-5-13(11)21-12/h4-6,8,12H,3,7,9H2,1-2H3. The highest BCUT2D eigenvalue weighted by Crippen LogP contribution is 2.30. The monoisotopic (exact) mass is 304 g/mol. The molecule has 0 spiro atoms. The van der Waals surface area contributed by atoms with Gasteiger partial charge in [-0.25, -0.2) is 4.98 Å². The lowest BCUT2D eigenvalue weighted by molar-refractivity contribution is 0.205. The Labute approximate surface area is 128 Å². The number of ether oxygens (including phenoxy) is 1. The molecule has 0 N–H and O–H groups in total. The summed E-state index contributed by atoms with van der Waals surface area (Å²) in [7, 11) is 0. The predicted octanol–water partition coefficient (Wildman–Crippen LogP) is 2.77. The summed E-state index contributed by atoms with van der Waals surface area (Å²) < 4.78 is 7.59. The molecule has 0 fully saturated rings. The van der Waals surface area contributed by atoms with Crippen LogP contribution in [-0.4, -0.2) is 15.7 Å². The van der Waals surface area contributed by atoms with Crippen LogP contribution in [0.5, 0.6) is 5.75 Å². The van der Waals surface area contributed by atoms with E-state index >= 15 is 0 Å². The van der Waals surface area contributed by atoms with Crippen LogP contribution in [0.15, 0.2) is 29.1 Å². The van der Waals surface area contributed by atoms with Crippen LogP contribution in [-0.2, 0) is 19.4 Å². The van der Waals surface area contributed by atoms with Crippen molar-refractivity contribution in [2.75, 3.05) is 0 Å². The highest BCUT2D eigenvalue weighted by atomic mass is 35.5. The van der Waals surface area contributed by atoms with Gasteiger partial charge in [-0.1, -0.05) is 36.2 Å². The normalized spacial score (nSPS) is 16.6. The Kier molecular flexibility index (Phi) is 3.72. The Bertz CT molecular complexity index is 740. The maximum Gasteiger partial charge on any atom is 0.255 e. The van der Waals surface area contributed by atoms with E-state index in [0.29, 0.717) is 18.8 Å². The van der Waals surface area contributed by atoms with E-state index in [2.05, 4.69) is 18.0 Å². The van der Waals surface area contributed by atoms with Crippen molar-refractivity contribution in [2.24, 2.45) is 0 Å². The molecule has 2 heterocycles. The van der Waals surface area contributed by atoms with Crippen molar-refractivity contribution in [1.29, 1.82) is 0 Å². The lowest BCUT2D eigenvalue weighted by Crippen LogP contribution is -2.31. The molecule has 21 heavy (non-hydrogen) atoms. The van der Waals surface area contributed by atoms with E-state index in [1.165, 1.54) is 17.2 Å². The van der Waals surface area contributed by atoms with Crippen molar-refractivity contribution in [3.8, 4) is 5.75 Å². The molecule has 1 aromatic heterocycles. The number of hydrogen-bond acceptors (Lipinski definition) is 3. The molecule has 110 valence electrons. The van der Waals surface area contributed by atoms with E-state index in [1.54, 1.807) is 4.57 Å². The number of rotatable bonds is 3. The SMILES string of the molecule is CCc1nc(Cl)cc(=O)n1CC1Cc2cc(C)ccc2O1. The zero-order valence-corrected chi connectivity index (χ0v) is 12.9. The molecule has 0 amide bonds. The Balaban J connectivity index is 1.85. The lowest BCUT2D eigenvalue weighted by atomic mass is 10.1. The molecule has 4 nitrogen and oxygen atoms in total. The van der Waals surface area contributed by atoms with Gasteiger partial charge >= 0.3 is 0 Å². The van der Waals surface area contributed by atoms with E-state index < -0.39 is 0 Å². The number of benzene rings is 1.